The van der Waals surface area contributed by atoms with Crippen LogP contribution in [-0.2, 0) is 0 Å². The first-order chi connectivity index (χ1) is 6.76. The Morgan fingerprint density at radius 1 is 1.50 bits per heavy atom. The van der Waals surface area contributed by atoms with Crippen molar-refractivity contribution >= 4 is 11.8 Å². The van der Waals surface area contributed by atoms with Gasteiger partial charge in [0.05, 0.1) is 12.4 Å². The van der Waals surface area contributed by atoms with E-state index in [1.807, 2.05) is 6.07 Å². The molecule has 1 atom stereocenters. The number of nitriles is 1. The normalized spacial score (nSPS) is 12.1. The highest BCUT2D eigenvalue weighted by Gasteiger charge is 2.02. The molecule has 14 heavy (non-hydrogen) atoms. The predicted octanol–water partition coefficient (Wildman–Crippen LogP) is 2.49. The lowest BCUT2D eigenvalue weighted by atomic mass is 10.2. The predicted molar refractivity (Wildman–Crippen MR) is 56.9 cm³/mol. The molecule has 0 radical (unpaired) electrons. The molecule has 0 N–H and O–H groups in total. The summed E-state index contributed by atoms with van der Waals surface area (Å²) in [7, 11) is 0. The number of thioether (sulfide) groups is 1. The quantitative estimate of drug-likeness (QED) is 0.712. The van der Waals surface area contributed by atoms with E-state index in [0.29, 0.717) is 11.6 Å². The van der Waals surface area contributed by atoms with Crippen LogP contribution in [0.2, 0.25) is 0 Å². The number of nitrogens with zero attached hydrogens (tertiary/aromatic N) is 3. The lowest BCUT2D eigenvalue weighted by molar-refractivity contribution is 0.636. The van der Waals surface area contributed by atoms with E-state index in [9.17, 15) is 0 Å². The molecule has 0 aliphatic heterocycles. The van der Waals surface area contributed by atoms with Crippen molar-refractivity contribution in [3.63, 3.8) is 0 Å². The molecule has 1 unspecified atom stereocenters. The van der Waals surface area contributed by atoms with Gasteiger partial charge in [-0.1, -0.05) is 20.3 Å². The van der Waals surface area contributed by atoms with Crippen molar-refractivity contribution in [1.29, 1.82) is 5.26 Å². The third-order valence-corrected chi connectivity index (χ3v) is 3.20. The van der Waals surface area contributed by atoms with Crippen LogP contribution in [0.5, 0.6) is 0 Å². The first-order valence-electron chi connectivity index (χ1n) is 4.61. The molecule has 4 heteroatoms. The number of aromatic nitrogens is 2. The summed E-state index contributed by atoms with van der Waals surface area (Å²) in [5.74, 6) is 1.74. The lowest BCUT2D eigenvalue weighted by Gasteiger charge is -2.06. The Hall–Kier alpha value is -1.08. The highest BCUT2D eigenvalue weighted by atomic mass is 32.2. The number of hydrogen-bond acceptors (Lipinski definition) is 4. The van der Waals surface area contributed by atoms with E-state index in [1.54, 1.807) is 18.0 Å². The van der Waals surface area contributed by atoms with Gasteiger partial charge in [0.15, 0.2) is 5.69 Å². The van der Waals surface area contributed by atoms with E-state index in [4.69, 9.17) is 5.26 Å². The topological polar surface area (TPSA) is 49.6 Å². The average molecular weight is 207 g/mol. The molecule has 3 nitrogen and oxygen atoms in total. The fourth-order valence-corrected chi connectivity index (χ4v) is 1.74. The molecular formula is C10H13N3S. The molecule has 1 aromatic rings. The van der Waals surface area contributed by atoms with E-state index < -0.39 is 0 Å². The van der Waals surface area contributed by atoms with Crippen molar-refractivity contribution in [2.75, 3.05) is 5.75 Å². The van der Waals surface area contributed by atoms with Crippen LogP contribution in [0.4, 0.5) is 0 Å². The van der Waals surface area contributed by atoms with Crippen LogP contribution in [0, 0.1) is 17.2 Å². The number of rotatable bonds is 4. The zero-order valence-corrected chi connectivity index (χ0v) is 9.21. The van der Waals surface area contributed by atoms with Gasteiger partial charge in [0, 0.05) is 5.75 Å². The Morgan fingerprint density at radius 2 is 2.29 bits per heavy atom. The standard InChI is InChI=1S/C10H13N3S/c1-3-8(2)7-14-10-6-12-9(4-11)5-13-10/h5-6,8H,3,7H2,1-2H3. The minimum atomic E-state index is 0.373. The number of hydrogen-bond donors (Lipinski definition) is 0. The summed E-state index contributed by atoms with van der Waals surface area (Å²) in [6, 6.07) is 1.95. The van der Waals surface area contributed by atoms with Gasteiger partial charge < -0.3 is 0 Å². The summed E-state index contributed by atoms with van der Waals surface area (Å²) >= 11 is 1.69. The monoisotopic (exact) mass is 207 g/mol. The van der Waals surface area contributed by atoms with Gasteiger partial charge in [0.1, 0.15) is 11.1 Å². The maximum absolute atomic E-state index is 8.53. The van der Waals surface area contributed by atoms with Crippen LogP contribution < -0.4 is 0 Å². The van der Waals surface area contributed by atoms with E-state index in [1.165, 1.54) is 12.6 Å². The molecule has 1 heterocycles. The smallest absolute Gasteiger partial charge is 0.158 e. The lowest BCUT2D eigenvalue weighted by Crippen LogP contribution is -1.96. The Bertz CT molecular complexity index is 315. The highest BCUT2D eigenvalue weighted by molar-refractivity contribution is 7.99. The van der Waals surface area contributed by atoms with Gasteiger partial charge in [0.2, 0.25) is 0 Å². The minimum absolute atomic E-state index is 0.373. The minimum Gasteiger partial charge on any atom is -0.245 e. The fraction of sp³-hybridized carbons (Fsp3) is 0.500. The van der Waals surface area contributed by atoms with Gasteiger partial charge in [-0.3, -0.25) is 0 Å². The van der Waals surface area contributed by atoms with Crippen LogP contribution >= 0.6 is 11.8 Å². The van der Waals surface area contributed by atoms with Crippen LogP contribution in [0.25, 0.3) is 0 Å². The molecule has 0 saturated heterocycles. The summed E-state index contributed by atoms with van der Waals surface area (Å²) in [6.45, 7) is 4.39. The van der Waals surface area contributed by atoms with E-state index >= 15 is 0 Å². The van der Waals surface area contributed by atoms with Gasteiger partial charge in [-0.2, -0.15) is 5.26 Å². The molecule has 74 valence electrons. The largest absolute Gasteiger partial charge is 0.245 e. The summed E-state index contributed by atoms with van der Waals surface area (Å²) in [4.78, 5) is 8.09. The third kappa shape index (κ3) is 3.35. The summed E-state index contributed by atoms with van der Waals surface area (Å²) in [5.41, 5.74) is 0.373. The molecule has 0 spiro atoms. The summed E-state index contributed by atoms with van der Waals surface area (Å²) in [5, 5.41) is 9.42. The van der Waals surface area contributed by atoms with Crippen molar-refractivity contribution in [3.8, 4) is 6.07 Å². The van der Waals surface area contributed by atoms with Gasteiger partial charge in [-0.15, -0.1) is 11.8 Å². The maximum Gasteiger partial charge on any atom is 0.158 e. The Balaban J connectivity index is 2.49. The molecular weight excluding hydrogens is 194 g/mol. The van der Waals surface area contributed by atoms with Gasteiger partial charge in [-0.05, 0) is 5.92 Å². The van der Waals surface area contributed by atoms with E-state index in [0.717, 1.165) is 10.8 Å². The molecule has 0 aliphatic carbocycles. The maximum atomic E-state index is 8.53. The van der Waals surface area contributed by atoms with Crippen LogP contribution in [0.1, 0.15) is 26.0 Å². The Labute approximate surface area is 88.6 Å². The molecule has 0 saturated carbocycles. The van der Waals surface area contributed by atoms with Crippen molar-refractivity contribution in [2.24, 2.45) is 5.92 Å². The van der Waals surface area contributed by atoms with E-state index in [2.05, 4.69) is 23.8 Å². The molecule has 0 fully saturated rings. The van der Waals surface area contributed by atoms with Crippen molar-refractivity contribution in [2.45, 2.75) is 25.3 Å². The Morgan fingerprint density at radius 3 is 2.79 bits per heavy atom. The van der Waals surface area contributed by atoms with Crippen LogP contribution in [0.3, 0.4) is 0 Å². The zero-order chi connectivity index (χ0) is 10.4. The first-order valence-corrected chi connectivity index (χ1v) is 5.59. The van der Waals surface area contributed by atoms with Crippen molar-refractivity contribution in [3.05, 3.63) is 18.1 Å². The van der Waals surface area contributed by atoms with E-state index in [-0.39, 0.29) is 0 Å². The second kappa shape index (κ2) is 5.61. The summed E-state index contributed by atoms with van der Waals surface area (Å²) < 4.78 is 0. The zero-order valence-electron chi connectivity index (χ0n) is 8.40. The fourth-order valence-electron chi connectivity index (χ4n) is 0.794. The van der Waals surface area contributed by atoms with Crippen molar-refractivity contribution in [1.82, 2.24) is 9.97 Å². The van der Waals surface area contributed by atoms with Gasteiger partial charge in [-0.25, -0.2) is 9.97 Å². The summed E-state index contributed by atoms with van der Waals surface area (Å²) in [6.07, 6.45) is 4.35. The SMILES string of the molecule is CCC(C)CSc1cnc(C#N)cn1. The Kier molecular flexibility index (Phi) is 4.41. The third-order valence-electron chi connectivity index (χ3n) is 1.96. The first kappa shape index (κ1) is 11.0. The second-order valence-electron chi connectivity index (χ2n) is 3.18. The van der Waals surface area contributed by atoms with Crippen molar-refractivity contribution < 1.29 is 0 Å². The molecule has 0 aromatic carbocycles. The molecule has 0 bridgehead atoms. The molecule has 1 rings (SSSR count). The molecule has 1 aromatic heterocycles. The second-order valence-corrected chi connectivity index (χ2v) is 4.22. The van der Waals surface area contributed by atoms with Crippen LogP contribution in [-0.4, -0.2) is 15.7 Å². The molecule has 0 aliphatic rings. The molecule has 0 amide bonds. The van der Waals surface area contributed by atoms with Gasteiger partial charge >= 0.3 is 0 Å². The van der Waals surface area contributed by atoms with Gasteiger partial charge in [0.25, 0.3) is 0 Å². The highest BCUT2D eigenvalue weighted by Crippen LogP contribution is 2.18. The average Bonchev–Trinajstić information content (AvgIpc) is 2.26. The van der Waals surface area contributed by atoms with Crippen LogP contribution in [0.15, 0.2) is 17.4 Å².